The van der Waals surface area contributed by atoms with E-state index in [1.807, 2.05) is 6.92 Å². The first-order valence-electron chi connectivity index (χ1n) is 9.18. The molecule has 1 aromatic carbocycles. The lowest BCUT2D eigenvalue weighted by molar-refractivity contribution is -0.119. The van der Waals surface area contributed by atoms with E-state index >= 15 is 0 Å². The molecule has 3 heterocycles. The Balaban J connectivity index is 1.52. The highest BCUT2D eigenvalue weighted by atomic mass is 32.2. The zero-order valence-electron chi connectivity index (χ0n) is 16.2. The second-order valence-corrected chi connectivity index (χ2v) is 8.81. The molecule has 158 valence electrons. The number of rotatable bonds is 5. The average Bonchev–Trinajstić information content (AvgIpc) is 3.42. The van der Waals surface area contributed by atoms with Crippen LogP contribution >= 0.6 is 0 Å². The molecule has 1 aliphatic heterocycles. The minimum atomic E-state index is -3.95. The summed E-state index contributed by atoms with van der Waals surface area (Å²) in [5, 5.41) is 14.4. The van der Waals surface area contributed by atoms with Gasteiger partial charge in [-0.05, 0) is 50.1 Å². The Morgan fingerprint density at radius 3 is 2.67 bits per heavy atom. The summed E-state index contributed by atoms with van der Waals surface area (Å²) in [6, 6.07) is 5.17. The summed E-state index contributed by atoms with van der Waals surface area (Å²) in [4.78, 5) is 12.7. The van der Waals surface area contributed by atoms with Crippen molar-refractivity contribution in [2.75, 3.05) is 11.9 Å². The molecule has 0 bridgehead atoms. The van der Waals surface area contributed by atoms with Gasteiger partial charge in [-0.3, -0.25) is 14.8 Å². The van der Waals surface area contributed by atoms with Crippen molar-refractivity contribution in [3.8, 4) is 11.6 Å². The van der Waals surface area contributed by atoms with E-state index in [1.54, 1.807) is 17.8 Å². The number of aryl methyl sites for hydroxylation is 2. The summed E-state index contributed by atoms with van der Waals surface area (Å²) in [5.74, 6) is -0.939. The summed E-state index contributed by atoms with van der Waals surface area (Å²) in [7, 11) is -2.23. The Kier molecular flexibility index (Phi) is 5.12. The summed E-state index contributed by atoms with van der Waals surface area (Å²) >= 11 is 0. The van der Waals surface area contributed by atoms with Crippen LogP contribution in [0.5, 0.6) is 0 Å². The number of anilines is 1. The first-order chi connectivity index (χ1) is 14.3. The molecule has 2 aromatic heterocycles. The molecule has 3 aromatic rings. The Labute approximate surface area is 171 Å². The molecule has 4 rings (SSSR count). The Morgan fingerprint density at radius 1 is 1.27 bits per heavy atom. The average molecular weight is 434 g/mol. The summed E-state index contributed by atoms with van der Waals surface area (Å²) in [5.41, 5.74) is 1.35. The van der Waals surface area contributed by atoms with Gasteiger partial charge in [-0.15, -0.1) is 5.10 Å². The second kappa shape index (κ2) is 7.61. The number of sulfonamides is 1. The maximum atomic E-state index is 13.1. The first-order valence-corrected chi connectivity index (χ1v) is 10.6. The highest BCUT2D eigenvalue weighted by molar-refractivity contribution is 7.89. The maximum absolute atomic E-state index is 13.1. The van der Waals surface area contributed by atoms with Crippen molar-refractivity contribution in [1.29, 1.82) is 0 Å². The SMILES string of the molecule is Cc1cc(-c2nnc(NC(=O)[C@H]3CCCN3S(=O)(=O)c3ccc(F)cc3)o2)n(C)n1. The number of hydrogen-bond acceptors (Lipinski definition) is 7. The van der Waals surface area contributed by atoms with Crippen LogP contribution in [0.25, 0.3) is 11.6 Å². The Morgan fingerprint density at radius 2 is 2.00 bits per heavy atom. The van der Waals surface area contributed by atoms with Gasteiger partial charge in [0.25, 0.3) is 5.89 Å². The van der Waals surface area contributed by atoms with Crippen molar-refractivity contribution >= 4 is 21.9 Å². The first kappa shape index (κ1) is 20.2. The molecule has 1 amide bonds. The van der Waals surface area contributed by atoms with E-state index in [0.717, 1.165) is 22.1 Å². The zero-order chi connectivity index (χ0) is 21.5. The summed E-state index contributed by atoms with van der Waals surface area (Å²) in [6.45, 7) is 2.00. The molecule has 1 aliphatic rings. The van der Waals surface area contributed by atoms with Gasteiger partial charge in [0.15, 0.2) is 0 Å². The van der Waals surface area contributed by atoms with E-state index in [9.17, 15) is 17.6 Å². The van der Waals surface area contributed by atoms with Crippen molar-refractivity contribution < 1.29 is 22.0 Å². The number of aromatic nitrogens is 4. The molecule has 0 spiro atoms. The molecule has 1 saturated heterocycles. The van der Waals surface area contributed by atoms with Crippen LogP contribution in [0.1, 0.15) is 18.5 Å². The standard InChI is InChI=1S/C18H19FN6O4S/c1-11-10-15(24(2)23-11)17-21-22-18(29-17)20-16(26)14-4-3-9-25(14)30(27,28)13-7-5-12(19)6-8-13/h5-8,10,14H,3-4,9H2,1-2H3,(H,20,22,26)/t14-/m1/s1. The number of carbonyl (C=O) groups is 1. The third kappa shape index (κ3) is 3.71. The lowest BCUT2D eigenvalue weighted by atomic mass is 10.2. The summed E-state index contributed by atoms with van der Waals surface area (Å²) in [6.07, 6.45) is 0.857. The van der Waals surface area contributed by atoms with Crippen molar-refractivity contribution in [1.82, 2.24) is 24.3 Å². The van der Waals surface area contributed by atoms with Gasteiger partial charge < -0.3 is 4.42 Å². The Bertz CT molecular complexity index is 1190. The molecule has 1 fully saturated rings. The number of nitrogens with zero attached hydrogens (tertiary/aromatic N) is 5. The molecule has 30 heavy (non-hydrogen) atoms. The van der Waals surface area contributed by atoms with Crippen LogP contribution < -0.4 is 5.32 Å². The number of carbonyl (C=O) groups excluding carboxylic acids is 1. The van der Waals surface area contributed by atoms with Crippen molar-refractivity contribution in [2.45, 2.75) is 30.7 Å². The Hall–Kier alpha value is -3.12. The van der Waals surface area contributed by atoms with Crippen molar-refractivity contribution in [2.24, 2.45) is 7.05 Å². The molecular weight excluding hydrogens is 415 g/mol. The molecule has 1 atom stereocenters. The zero-order valence-corrected chi connectivity index (χ0v) is 17.1. The lowest BCUT2D eigenvalue weighted by Crippen LogP contribution is -2.43. The highest BCUT2D eigenvalue weighted by Gasteiger charge is 2.40. The van der Waals surface area contributed by atoms with Gasteiger partial charge >= 0.3 is 6.01 Å². The van der Waals surface area contributed by atoms with Gasteiger partial charge in [-0.2, -0.15) is 9.40 Å². The van der Waals surface area contributed by atoms with Gasteiger partial charge in [0.2, 0.25) is 15.9 Å². The third-order valence-electron chi connectivity index (χ3n) is 4.80. The third-order valence-corrected chi connectivity index (χ3v) is 6.73. The number of benzene rings is 1. The minimum absolute atomic E-state index is 0.0738. The normalized spacial score (nSPS) is 17.4. The smallest absolute Gasteiger partial charge is 0.322 e. The van der Waals surface area contributed by atoms with E-state index in [4.69, 9.17) is 4.42 Å². The highest BCUT2D eigenvalue weighted by Crippen LogP contribution is 2.27. The molecule has 1 N–H and O–H groups in total. The quantitative estimate of drug-likeness (QED) is 0.648. The van der Waals surface area contributed by atoms with Gasteiger partial charge in [-0.25, -0.2) is 12.8 Å². The molecule has 0 saturated carbocycles. The van der Waals surface area contributed by atoms with E-state index in [-0.39, 0.29) is 23.3 Å². The lowest BCUT2D eigenvalue weighted by Gasteiger charge is -2.22. The molecular formula is C18H19FN6O4S. The molecule has 12 heteroatoms. The molecule has 0 aliphatic carbocycles. The predicted molar refractivity (Wildman–Crippen MR) is 103 cm³/mol. The number of halogens is 1. The molecule has 0 radical (unpaired) electrons. The fourth-order valence-electron chi connectivity index (χ4n) is 3.41. The number of nitrogens with one attached hydrogen (secondary N) is 1. The fraction of sp³-hybridized carbons (Fsp3) is 0.333. The van der Waals surface area contributed by atoms with Crippen molar-refractivity contribution in [3.63, 3.8) is 0 Å². The van der Waals surface area contributed by atoms with Gasteiger partial charge in [-0.1, -0.05) is 5.10 Å². The predicted octanol–water partition coefficient (Wildman–Crippen LogP) is 1.71. The number of hydrogen-bond donors (Lipinski definition) is 1. The van der Waals surface area contributed by atoms with Crippen LogP contribution in [0.4, 0.5) is 10.4 Å². The van der Waals surface area contributed by atoms with Crippen LogP contribution in [-0.4, -0.2) is 51.2 Å². The van der Waals surface area contributed by atoms with E-state index in [2.05, 4.69) is 20.6 Å². The van der Waals surface area contributed by atoms with Crippen LogP contribution in [-0.2, 0) is 21.9 Å². The second-order valence-electron chi connectivity index (χ2n) is 6.92. The van der Waals surface area contributed by atoms with Gasteiger partial charge in [0.1, 0.15) is 17.6 Å². The van der Waals surface area contributed by atoms with Crippen LogP contribution in [0.2, 0.25) is 0 Å². The van der Waals surface area contributed by atoms with E-state index in [1.165, 1.54) is 12.1 Å². The minimum Gasteiger partial charge on any atom is -0.401 e. The summed E-state index contributed by atoms with van der Waals surface area (Å²) < 4.78 is 47.1. The molecule has 10 nitrogen and oxygen atoms in total. The van der Waals surface area contributed by atoms with Crippen LogP contribution in [0, 0.1) is 12.7 Å². The van der Waals surface area contributed by atoms with E-state index < -0.39 is 27.8 Å². The molecule has 0 unspecified atom stereocenters. The van der Waals surface area contributed by atoms with Gasteiger partial charge in [0, 0.05) is 13.6 Å². The fourth-order valence-corrected chi connectivity index (χ4v) is 5.06. The number of amides is 1. The van der Waals surface area contributed by atoms with Crippen LogP contribution in [0.3, 0.4) is 0 Å². The topological polar surface area (TPSA) is 123 Å². The van der Waals surface area contributed by atoms with E-state index in [0.29, 0.717) is 18.5 Å². The van der Waals surface area contributed by atoms with Crippen LogP contribution in [0.15, 0.2) is 39.6 Å². The maximum Gasteiger partial charge on any atom is 0.322 e. The van der Waals surface area contributed by atoms with Gasteiger partial charge in [0.05, 0.1) is 10.6 Å². The van der Waals surface area contributed by atoms with Crippen molar-refractivity contribution in [3.05, 3.63) is 41.8 Å². The monoisotopic (exact) mass is 434 g/mol. The largest absolute Gasteiger partial charge is 0.401 e.